The largest absolute Gasteiger partial charge is 0.351 e. The molecule has 0 radical (unpaired) electrons. The van der Waals surface area contributed by atoms with Gasteiger partial charge in [-0.15, -0.1) is 0 Å². The molecule has 0 saturated carbocycles. The molecule has 0 fully saturated rings. The summed E-state index contributed by atoms with van der Waals surface area (Å²) in [6.07, 6.45) is 2.12. The van der Waals surface area contributed by atoms with Crippen LogP contribution in [0.4, 0.5) is 0 Å². The fourth-order valence-electron chi connectivity index (χ4n) is 1.90. The lowest BCUT2D eigenvalue weighted by Gasteiger charge is -2.08. The van der Waals surface area contributed by atoms with Crippen LogP contribution < -0.4 is 5.32 Å². The highest BCUT2D eigenvalue weighted by Crippen LogP contribution is 2.11. The molecular weight excluding hydrogens is 276 g/mol. The number of rotatable bonds is 5. The molecule has 0 unspecified atom stereocenters. The van der Waals surface area contributed by atoms with Crippen LogP contribution in [0, 0.1) is 0 Å². The molecule has 1 aromatic carbocycles. The highest BCUT2D eigenvalue weighted by molar-refractivity contribution is 9.10. The third kappa shape index (κ3) is 3.45. The van der Waals surface area contributed by atoms with Gasteiger partial charge < -0.3 is 9.88 Å². The first-order chi connectivity index (χ1) is 8.29. The predicted molar refractivity (Wildman–Crippen MR) is 74.8 cm³/mol. The van der Waals surface area contributed by atoms with Gasteiger partial charge in [0.15, 0.2) is 0 Å². The molecule has 2 aromatic rings. The Kier molecular flexibility index (Phi) is 4.40. The van der Waals surface area contributed by atoms with Crippen molar-refractivity contribution in [3.8, 4) is 0 Å². The summed E-state index contributed by atoms with van der Waals surface area (Å²) in [5.74, 6) is 0. The quantitative estimate of drug-likeness (QED) is 0.892. The van der Waals surface area contributed by atoms with Crippen LogP contribution in [0.2, 0.25) is 0 Å². The Morgan fingerprint density at radius 1 is 1.18 bits per heavy atom. The van der Waals surface area contributed by atoms with E-state index >= 15 is 0 Å². The molecule has 1 heterocycles. The van der Waals surface area contributed by atoms with Crippen LogP contribution in [0.1, 0.15) is 18.2 Å². The topological polar surface area (TPSA) is 17.0 Å². The highest BCUT2D eigenvalue weighted by Gasteiger charge is 1.99. The summed E-state index contributed by atoms with van der Waals surface area (Å²) >= 11 is 3.48. The zero-order chi connectivity index (χ0) is 12.1. The molecule has 90 valence electrons. The van der Waals surface area contributed by atoms with Crippen LogP contribution in [0.25, 0.3) is 0 Å². The number of benzene rings is 1. The minimum Gasteiger partial charge on any atom is -0.351 e. The molecule has 0 bridgehead atoms. The molecule has 2 rings (SSSR count). The van der Waals surface area contributed by atoms with Gasteiger partial charge in [-0.3, -0.25) is 0 Å². The van der Waals surface area contributed by atoms with E-state index in [0.29, 0.717) is 0 Å². The van der Waals surface area contributed by atoms with E-state index in [1.54, 1.807) is 0 Å². The summed E-state index contributed by atoms with van der Waals surface area (Å²) in [6.45, 7) is 5.00. The second-order valence-corrected chi connectivity index (χ2v) is 4.93. The van der Waals surface area contributed by atoms with Crippen LogP contribution in [-0.4, -0.2) is 4.57 Å². The number of hydrogen-bond donors (Lipinski definition) is 1. The number of hydrogen-bond acceptors (Lipinski definition) is 1. The van der Waals surface area contributed by atoms with Crippen molar-refractivity contribution in [3.05, 3.63) is 58.3 Å². The van der Waals surface area contributed by atoms with E-state index in [2.05, 4.69) is 69.3 Å². The first-order valence-corrected chi connectivity index (χ1v) is 6.68. The second-order valence-electron chi connectivity index (χ2n) is 4.02. The SMILES string of the molecule is CCn1cccc1CNCc1cccc(Br)c1. The molecule has 17 heavy (non-hydrogen) atoms. The van der Waals surface area contributed by atoms with E-state index in [0.717, 1.165) is 24.1 Å². The predicted octanol–water partition coefficient (Wildman–Crippen LogP) is 3.56. The van der Waals surface area contributed by atoms with Crippen molar-refractivity contribution >= 4 is 15.9 Å². The fourth-order valence-corrected chi connectivity index (χ4v) is 2.35. The molecular formula is C14H17BrN2. The van der Waals surface area contributed by atoms with Gasteiger partial charge >= 0.3 is 0 Å². The van der Waals surface area contributed by atoms with Gasteiger partial charge in [0, 0.05) is 36.0 Å². The fraction of sp³-hybridized carbons (Fsp3) is 0.286. The minimum absolute atomic E-state index is 0.897. The normalized spacial score (nSPS) is 10.7. The van der Waals surface area contributed by atoms with Crippen LogP contribution in [-0.2, 0) is 19.6 Å². The molecule has 0 aliphatic rings. The lowest BCUT2D eigenvalue weighted by atomic mass is 10.2. The zero-order valence-corrected chi connectivity index (χ0v) is 11.6. The molecule has 1 aromatic heterocycles. The first-order valence-electron chi connectivity index (χ1n) is 5.89. The third-order valence-electron chi connectivity index (χ3n) is 2.79. The van der Waals surface area contributed by atoms with Gasteiger partial charge in [-0.2, -0.15) is 0 Å². The molecule has 0 saturated heterocycles. The second kappa shape index (κ2) is 6.03. The lowest BCUT2D eigenvalue weighted by Crippen LogP contribution is -2.15. The maximum atomic E-state index is 3.48. The molecule has 0 aliphatic heterocycles. The molecule has 0 amide bonds. The number of halogens is 1. The molecule has 3 heteroatoms. The summed E-state index contributed by atoms with van der Waals surface area (Å²) in [5, 5.41) is 3.46. The highest BCUT2D eigenvalue weighted by atomic mass is 79.9. The Morgan fingerprint density at radius 2 is 2.06 bits per heavy atom. The number of nitrogens with one attached hydrogen (secondary N) is 1. The van der Waals surface area contributed by atoms with Crippen LogP contribution >= 0.6 is 15.9 Å². The molecule has 1 N–H and O–H groups in total. The van der Waals surface area contributed by atoms with Crippen LogP contribution in [0.5, 0.6) is 0 Å². The van der Waals surface area contributed by atoms with E-state index < -0.39 is 0 Å². The Balaban J connectivity index is 1.87. The summed E-state index contributed by atoms with van der Waals surface area (Å²) in [6, 6.07) is 12.7. The maximum absolute atomic E-state index is 3.48. The summed E-state index contributed by atoms with van der Waals surface area (Å²) < 4.78 is 3.39. The van der Waals surface area contributed by atoms with Crippen molar-refractivity contribution in [2.24, 2.45) is 0 Å². The number of aryl methyl sites for hydroxylation is 1. The van der Waals surface area contributed by atoms with Crippen molar-refractivity contribution in [3.63, 3.8) is 0 Å². The average Bonchev–Trinajstić information content (AvgIpc) is 2.77. The van der Waals surface area contributed by atoms with Gasteiger partial charge in [0.2, 0.25) is 0 Å². The molecule has 0 aliphatic carbocycles. The van der Waals surface area contributed by atoms with Crippen molar-refractivity contribution in [2.45, 2.75) is 26.6 Å². The zero-order valence-electron chi connectivity index (χ0n) is 9.99. The Bertz CT molecular complexity index is 477. The smallest absolute Gasteiger partial charge is 0.0362 e. The Morgan fingerprint density at radius 3 is 2.82 bits per heavy atom. The average molecular weight is 293 g/mol. The van der Waals surface area contributed by atoms with Crippen molar-refractivity contribution in [1.82, 2.24) is 9.88 Å². The summed E-state index contributed by atoms with van der Waals surface area (Å²) in [5.41, 5.74) is 2.64. The van der Waals surface area contributed by atoms with Crippen LogP contribution in [0.3, 0.4) is 0 Å². The molecule has 2 nitrogen and oxygen atoms in total. The van der Waals surface area contributed by atoms with E-state index in [-0.39, 0.29) is 0 Å². The van der Waals surface area contributed by atoms with Gasteiger partial charge in [0.05, 0.1) is 0 Å². The minimum atomic E-state index is 0.897. The third-order valence-corrected chi connectivity index (χ3v) is 3.28. The van der Waals surface area contributed by atoms with Crippen molar-refractivity contribution in [1.29, 1.82) is 0 Å². The standard InChI is InChI=1S/C14H17BrN2/c1-2-17-8-4-7-14(17)11-16-10-12-5-3-6-13(15)9-12/h3-9,16H,2,10-11H2,1H3. The lowest BCUT2D eigenvalue weighted by molar-refractivity contribution is 0.629. The van der Waals surface area contributed by atoms with E-state index in [4.69, 9.17) is 0 Å². The van der Waals surface area contributed by atoms with E-state index in [1.807, 2.05) is 6.07 Å². The van der Waals surface area contributed by atoms with Crippen molar-refractivity contribution in [2.75, 3.05) is 0 Å². The van der Waals surface area contributed by atoms with Crippen molar-refractivity contribution < 1.29 is 0 Å². The van der Waals surface area contributed by atoms with Gasteiger partial charge in [0.25, 0.3) is 0 Å². The number of aromatic nitrogens is 1. The summed E-state index contributed by atoms with van der Waals surface area (Å²) in [7, 11) is 0. The van der Waals surface area contributed by atoms with Gasteiger partial charge in [-0.05, 0) is 36.8 Å². The van der Waals surface area contributed by atoms with Gasteiger partial charge in [-0.1, -0.05) is 28.1 Å². The van der Waals surface area contributed by atoms with E-state index in [1.165, 1.54) is 11.3 Å². The number of nitrogens with zero attached hydrogens (tertiary/aromatic N) is 1. The maximum Gasteiger partial charge on any atom is 0.0362 e. The molecule has 0 spiro atoms. The van der Waals surface area contributed by atoms with E-state index in [9.17, 15) is 0 Å². The molecule has 0 atom stereocenters. The van der Waals surface area contributed by atoms with Gasteiger partial charge in [-0.25, -0.2) is 0 Å². The monoisotopic (exact) mass is 292 g/mol. The first kappa shape index (κ1) is 12.4. The van der Waals surface area contributed by atoms with Gasteiger partial charge in [0.1, 0.15) is 0 Å². The summed E-state index contributed by atoms with van der Waals surface area (Å²) in [4.78, 5) is 0. The Hall–Kier alpha value is -1.06. The van der Waals surface area contributed by atoms with Crippen LogP contribution in [0.15, 0.2) is 47.1 Å². The Labute approximate surface area is 111 Å².